The summed E-state index contributed by atoms with van der Waals surface area (Å²) in [4.78, 5) is 29.9. The van der Waals surface area contributed by atoms with Gasteiger partial charge < -0.3 is 4.90 Å². The third-order valence-electron chi connectivity index (χ3n) is 5.68. The van der Waals surface area contributed by atoms with E-state index in [2.05, 4.69) is 36.2 Å². The molecule has 160 valence electrons. The fourth-order valence-electron chi connectivity index (χ4n) is 4.05. The fraction of sp³-hybridized carbons (Fsp3) is 0.154. The molecule has 0 saturated heterocycles. The van der Waals surface area contributed by atoms with Crippen LogP contribution in [0.15, 0.2) is 76.6 Å². The van der Waals surface area contributed by atoms with E-state index in [9.17, 15) is 9.59 Å². The molecule has 2 aliphatic rings. The van der Waals surface area contributed by atoms with Crippen LogP contribution in [0.2, 0.25) is 0 Å². The minimum atomic E-state index is -0.0514. The van der Waals surface area contributed by atoms with Crippen LogP contribution in [0.4, 0.5) is 5.69 Å². The topological polar surface area (TPSA) is 42.3 Å². The van der Waals surface area contributed by atoms with E-state index in [1.807, 2.05) is 55.5 Å². The molecule has 5 rings (SSSR count). The molecule has 0 bridgehead atoms. The predicted octanol–water partition coefficient (Wildman–Crippen LogP) is 4.24. The maximum atomic E-state index is 13.1. The van der Waals surface area contributed by atoms with E-state index in [4.69, 9.17) is 0 Å². The van der Waals surface area contributed by atoms with Gasteiger partial charge in [-0.15, -0.1) is 11.3 Å². The number of benzene rings is 2. The number of hydrogen-bond donors (Lipinski definition) is 0. The summed E-state index contributed by atoms with van der Waals surface area (Å²) >= 11 is 2.85. The first kappa shape index (κ1) is 20.8. The third kappa shape index (κ3) is 3.40. The van der Waals surface area contributed by atoms with Crippen LogP contribution in [0.3, 0.4) is 0 Å². The number of anilines is 1. The number of fused-ring (bicyclic) bond motifs is 2. The van der Waals surface area contributed by atoms with Crippen LogP contribution in [0.5, 0.6) is 0 Å². The number of rotatable bonds is 3. The summed E-state index contributed by atoms with van der Waals surface area (Å²) < 4.78 is 3.09. The third-order valence-corrected chi connectivity index (χ3v) is 8.12. The summed E-state index contributed by atoms with van der Waals surface area (Å²) in [6.07, 6.45) is 8.05. The number of Topliss-reactive ketones (excluding diaryl/α,β-unsaturated/α-hetero) is 1. The van der Waals surface area contributed by atoms with Crippen LogP contribution in [0.25, 0.3) is 16.6 Å². The lowest BCUT2D eigenvalue weighted by atomic mass is 9.99. The van der Waals surface area contributed by atoms with Crippen molar-refractivity contribution in [2.45, 2.75) is 25.3 Å². The Balaban J connectivity index is 1.64. The highest BCUT2D eigenvalue weighted by Crippen LogP contribution is 2.40. The fourth-order valence-corrected chi connectivity index (χ4v) is 6.38. The van der Waals surface area contributed by atoms with E-state index in [0.29, 0.717) is 21.5 Å². The minimum absolute atomic E-state index is 0.00255. The van der Waals surface area contributed by atoms with Crippen molar-refractivity contribution in [3.63, 3.8) is 0 Å². The Hall–Kier alpha value is -3.09. The molecule has 3 heterocycles. The van der Waals surface area contributed by atoms with Gasteiger partial charge in [0, 0.05) is 41.0 Å². The largest absolute Gasteiger partial charge is 0.348 e. The van der Waals surface area contributed by atoms with E-state index in [1.54, 1.807) is 4.57 Å². The minimum Gasteiger partial charge on any atom is -0.348 e. The van der Waals surface area contributed by atoms with Gasteiger partial charge in [-0.2, -0.15) is 0 Å². The van der Waals surface area contributed by atoms with Gasteiger partial charge in [0.15, 0.2) is 0 Å². The van der Waals surface area contributed by atoms with Crippen molar-refractivity contribution < 1.29 is 4.79 Å². The quantitative estimate of drug-likeness (QED) is 0.589. The Labute approximate surface area is 194 Å². The van der Waals surface area contributed by atoms with Gasteiger partial charge in [-0.25, -0.2) is 0 Å². The zero-order valence-corrected chi connectivity index (χ0v) is 19.5. The van der Waals surface area contributed by atoms with Crippen LogP contribution >= 0.6 is 23.1 Å². The van der Waals surface area contributed by atoms with Gasteiger partial charge in [-0.05, 0) is 49.8 Å². The number of allylic oxidation sites excluding steroid dienone is 3. The molecule has 0 unspecified atom stereocenters. The summed E-state index contributed by atoms with van der Waals surface area (Å²) in [5.74, 6) is 0.00255. The molecule has 3 aromatic rings. The average Bonchev–Trinajstić information content (AvgIpc) is 3.33. The summed E-state index contributed by atoms with van der Waals surface area (Å²) in [7, 11) is 0. The van der Waals surface area contributed by atoms with Crippen LogP contribution in [-0.4, -0.2) is 16.9 Å². The first-order valence-corrected chi connectivity index (χ1v) is 12.3. The van der Waals surface area contributed by atoms with Crippen LogP contribution in [0, 0.1) is 0 Å². The molecule has 2 aliphatic heterocycles. The second-order valence-electron chi connectivity index (χ2n) is 7.48. The smallest absolute Gasteiger partial charge is 0.269 e. The van der Waals surface area contributed by atoms with Gasteiger partial charge >= 0.3 is 0 Å². The van der Waals surface area contributed by atoms with E-state index in [1.165, 1.54) is 23.1 Å². The van der Waals surface area contributed by atoms with E-state index in [-0.39, 0.29) is 11.3 Å². The lowest BCUT2D eigenvalue weighted by Crippen LogP contribution is -2.31. The molecule has 0 fully saturated rings. The van der Waals surface area contributed by atoms with Crippen molar-refractivity contribution >= 4 is 51.1 Å². The molecule has 4 nitrogen and oxygen atoms in total. The molecule has 0 N–H and O–H groups in total. The molecule has 6 heteroatoms. The number of aromatic nitrogens is 1. The Kier molecular flexibility index (Phi) is 5.49. The molecule has 0 radical (unpaired) electrons. The Bertz CT molecular complexity index is 1470. The molecule has 1 aromatic heterocycles. The van der Waals surface area contributed by atoms with Crippen molar-refractivity contribution in [1.29, 1.82) is 0 Å². The first-order chi connectivity index (χ1) is 15.6. The second-order valence-corrected chi connectivity index (χ2v) is 9.57. The number of hydrogen-bond acceptors (Lipinski definition) is 5. The Morgan fingerprint density at radius 3 is 2.41 bits per heavy atom. The maximum absolute atomic E-state index is 13.1. The van der Waals surface area contributed by atoms with Crippen LogP contribution in [0.1, 0.15) is 29.8 Å². The van der Waals surface area contributed by atoms with Crippen molar-refractivity contribution in [3.05, 3.63) is 97.6 Å². The average molecular weight is 459 g/mol. The predicted molar refractivity (Wildman–Crippen MR) is 135 cm³/mol. The lowest BCUT2D eigenvalue weighted by molar-refractivity contribution is 0.105. The molecule has 0 atom stereocenters. The number of ketones is 1. The van der Waals surface area contributed by atoms with Crippen molar-refractivity contribution in [2.75, 3.05) is 11.4 Å². The van der Waals surface area contributed by atoms with Crippen LogP contribution in [-0.2, 0) is 6.54 Å². The first-order valence-electron chi connectivity index (χ1n) is 10.6. The van der Waals surface area contributed by atoms with Crippen molar-refractivity contribution in [3.8, 4) is 0 Å². The highest BCUT2D eigenvalue weighted by Gasteiger charge is 2.27. The van der Waals surface area contributed by atoms with Gasteiger partial charge in [0.05, 0.1) is 9.44 Å². The molecular weight excluding hydrogens is 436 g/mol. The number of para-hydroxylation sites is 1. The van der Waals surface area contributed by atoms with Gasteiger partial charge in [0.2, 0.25) is 5.78 Å². The van der Waals surface area contributed by atoms with Gasteiger partial charge in [-0.1, -0.05) is 48.2 Å². The van der Waals surface area contributed by atoms with Gasteiger partial charge in [-0.3, -0.25) is 14.2 Å². The molecule has 0 aliphatic carbocycles. The molecular formula is C26H22N2O2S2. The summed E-state index contributed by atoms with van der Waals surface area (Å²) in [6, 6.07) is 15.9. The highest BCUT2D eigenvalue weighted by atomic mass is 32.2. The number of thioether (sulfide) groups is 1. The summed E-state index contributed by atoms with van der Waals surface area (Å²) in [5, 5.41) is 0. The number of thiazole rings is 1. The van der Waals surface area contributed by atoms with Crippen LogP contribution < -0.4 is 19.7 Å². The standard InChI is InChI=1S/C26H22N2O2S2/c1-3-27-16-15-17(18-9-5-7-11-20(18)27)13-14-22-25(30)28(4-2)26(32-22)24-23(29)19-10-6-8-12-21(19)31-24/h5-16H,3-4H2,1-2H3. The van der Waals surface area contributed by atoms with E-state index >= 15 is 0 Å². The van der Waals surface area contributed by atoms with E-state index < -0.39 is 0 Å². The Morgan fingerprint density at radius 2 is 1.66 bits per heavy atom. The normalized spacial score (nSPS) is 18.4. The monoisotopic (exact) mass is 458 g/mol. The van der Waals surface area contributed by atoms with Crippen molar-refractivity contribution in [2.24, 2.45) is 0 Å². The zero-order chi connectivity index (χ0) is 22.2. The number of nitrogens with zero attached hydrogens (tertiary/aromatic N) is 2. The molecule has 0 saturated carbocycles. The van der Waals surface area contributed by atoms with E-state index in [0.717, 1.165) is 32.9 Å². The maximum Gasteiger partial charge on any atom is 0.269 e. The Morgan fingerprint density at radius 1 is 0.906 bits per heavy atom. The molecule has 0 spiro atoms. The number of carbonyl (C=O) groups excluding carboxylic acids is 1. The number of carbonyl (C=O) groups is 1. The molecule has 2 aromatic carbocycles. The highest BCUT2D eigenvalue weighted by molar-refractivity contribution is 8.10. The zero-order valence-electron chi connectivity index (χ0n) is 17.9. The molecule has 32 heavy (non-hydrogen) atoms. The second kappa shape index (κ2) is 8.45. The summed E-state index contributed by atoms with van der Waals surface area (Å²) in [6.45, 7) is 5.49. The SMILES string of the molecule is CCN1C=CC(=CC=c2sc(=C3Sc4ccccc4C3=O)n(CC)c2=O)c2ccccc21. The van der Waals surface area contributed by atoms with Gasteiger partial charge in [0.1, 0.15) is 4.66 Å². The lowest BCUT2D eigenvalue weighted by Gasteiger charge is -2.26. The van der Waals surface area contributed by atoms with Crippen molar-refractivity contribution in [1.82, 2.24) is 4.57 Å². The van der Waals surface area contributed by atoms with Gasteiger partial charge in [0.25, 0.3) is 5.56 Å². The molecule has 0 amide bonds. The summed E-state index contributed by atoms with van der Waals surface area (Å²) in [5.41, 5.74) is 4.04.